The van der Waals surface area contributed by atoms with Crippen LogP contribution in [0.3, 0.4) is 0 Å². The molecule has 18 heavy (non-hydrogen) atoms. The smallest absolute Gasteiger partial charge is 0.252 e. The number of imidazole rings is 1. The van der Waals surface area contributed by atoms with E-state index in [1.54, 1.807) is 13.3 Å². The molecule has 7 heteroatoms. The molecule has 0 aliphatic rings. The fraction of sp³-hybridized carbons (Fsp3) is 0.182. The van der Waals surface area contributed by atoms with Crippen LogP contribution in [-0.2, 0) is 11.3 Å². The lowest BCUT2D eigenvalue weighted by Crippen LogP contribution is -1.91. The van der Waals surface area contributed by atoms with Gasteiger partial charge in [0.15, 0.2) is 0 Å². The van der Waals surface area contributed by atoms with Crippen molar-refractivity contribution in [1.29, 1.82) is 0 Å². The van der Waals surface area contributed by atoms with Gasteiger partial charge in [0.2, 0.25) is 5.82 Å². The third kappa shape index (κ3) is 1.91. The largest absolute Gasteiger partial charge is 0.375 e. The van der Waals surface area contributed by atoms with Crippen molar-refractivity contribution in [3.63, 3.8) is 0 Å². The van der Waals surface area contributed by atoms with E-state index in [2.05, 4.69) is 31.1 Å². The van der Waals surface area contributed by atoms with E-state index in [1.165, 1.54) is 0 Å². The lowest BCUT2D eigenvalue weighted by Gasteiger charge is -1.97. The Morgan fingerprint density at radius 1 is 1.44 bits per heavy atom. The van der Waals surface area contributed by atoms with Crippen molar-refractivity contribution < 1.29 is 9.26 Å². The van der Waals surface area contributed by atoms with Crippen LogP contribution >= 0.6 is 15.9 Å². The van der Waals surface area contributed by atoms with E-state index < -0.39 is 0 Å². The fourth-order valence-electron chi connectivity index (χ4n) is 1.66. The standard InChI is InChI=1S/C11H9BrN4O2/c1-17-6-10-14-11(15-18-10)8-4-13-9-3-2-7(12)5-16(8)9/h2-5H,6H2,1H3. The van der Waals surface area contributed by atoms with Crippen LogP contribution in [0.15, 0.2) is 33.5 Å². The number of methoxy groups -OCH3 is 1. The molecule has 92 valence electrons. The average Bonchev–Trinajstić information content (AvgIpc) is 2.95. The monoisotopic (exact) mass is 308 g/mol. The SMILES string of the molecule is COCc1nc(-c2cnc3ccc(Br)cn23)no1. The molecule has 3 heterocycles. The second kappa shape index (κ2) is 4.51. The summed E-state index contributed by atoms with van der Waals surface area (Å²) >= 11 is 3.42. The number of halogens is 1. The van der Waals surface area contributed by atoms with Crippen LogP contribution in [-0.4, -0.2) is 26.6 Å². The first-order valence-electron chi connectivity index (χ1n) is 5.22. The normalized spacial score (nSPS) is 11.2. The quantitative estimate of drug-likeness (QED) is 0.742. The van der Waals surface area contributed by atoms with Crippen LogP contribution in [0.25, 0.3) is 17.2 Å². The van der Waals surface area contributed by atoms with Crippen molar-refractivity contribution in [2.45, 2.75) is 6.61 Å². The molecule has 0 atom stereocenters. The number of nitrogens with zero attached hydrogens (tertiary/aromatic N) is 4. The van der Waals surface area contributed by atoms with E-state index in [4.69, 9.17) is 9.26 Å². The van der Waals surface area contributed by atoms with Gasteiger partial charge >= 0.3 is 0 Å². The number of fused-ring (bicyclic) bond motifs is 1. The molecule has 3 aromatic heterocycles. The zero-order valence-electron chi connectivity index (χ0n) is 9.50. The van der Waals surface area contributed by atoms with Crippen LogP contribution < -0.4 is 0 Å². The first-order valence-corrected chi connectivity index (χ1v) is 6.02. The highest BCUT2D eigenvalue weighted by Gasteiger charge is 2.13. The van der Waals surface area contributed by atoms with Gasteiger partial charge in [-0.1, -0.05) is 5.16 Å². The summed E-state index contributed by atoms with van der Waals surface area (Å²) in [4.78, 5) is 8.52. The van der Waals surface area contributed by atoms with Crippen molar-refractivity contribution in [3.8, 4) is 11.5 Å². The molecule has 0 radical (unpaired) electrons. The lowest BCUT2D eigenvalue weighted by atomic mass is 10.4. The van der Waals surface area contributed by atoms with Gasteiger partial charge in [-0.2, -0.15) is 4.98 Å². The third-order valence-electron chi connectivity index (χ3n) is 2.43. The van der Waals surface area contributed by atoms with Crippen LogP contribution in [0.1, 0.15) is 5.89 Å². The molecule has 0 saturated carbocycles. The van der Waals surface area contributed by atoms with E-state index in [9.17, 15) is 0 Å². The Balaban J connectivity index is 2.09. The minimum atomic E-state index is 0.299. The minimum absolute atomic E-state index is 0.299. The summed E-state index contributed by atoms with van der Waals surface area (Å²) in [6, 6.07) is 3.84. The molecule has 0 amide bonds. The highest BCUT2D eigenvalue weighted by Crippen LogP contribution is 2.20. The molecule has 0 bridgehead atoms. The number of pyridine rings is 1. The van der Waals surface area contributed by atoms with Gasteiger partial charge in [0, 0.05) is 17.8 Å². The van der Waals surface area contributed by atoms with E-state index in [0.29, 0.717) is 18.3 Å². The minimum Gasteiger partial charge on any atom is -0.375 e. The van der Waals surface area contributed by atoms with Gasteiger partial charge in [0.05, 0.1) is 6.20 Å². The van der Waals surface area contributed by atoms with Crippen molar-refractivity contribution in [2.24, 2.45) is 0 Å². The van der Waals surface area contributed by atoms with Crippen molar-refractivity contribution in [3.05, 3.63) is 34.9 Å². The first kappa shape index (κ1) is 11.4. The summed E-state index contributed by atoms with van der Waals surface area (Å²) in [5.41, 5.74) is 1.60. The maximum atomic E-state index is 5.07. The zero-order chi connectivity index (χ0) is 12.5. The number of ether oxygens (including phenoxy) is 1. The molecule has 0 spiro atoms. The average molecular weight is 309 g/mol. The highest BCUT2D eigenvalue weighted by atomic mass is 79.9. The summed E-state index contributed by atoms with van der Waals surface area (Å²) in [6.07, 6.45) is 3.62. The molecule has 3 rings (SSSR count). The Labute approximate surface area is 111 Å². The molecular weight excluding hydrogens is 300 g/mol. The van der Waals surface area contributed by atoms with Crippen molar-refractivity contribution >= 4 is 21.6 Å². The number of hydrogen-bond donors (Lipinski definition) is 0. The summed E-state index contributed by atoms with van der Waals surface area (Å²) in [6.45, 7) is 0.299. The Kier molecular flexibility index (Phi) is 2.85. The molecule has 3 aromatic rings. The third-order valence-corrected chi connectivity index (χ3v) is 2.90. The van der Waals surface area contributed by atoms with Crippen LogP contribution in [0.5, 0.6) is 0 Å². The Hall–Kier alpha value is -1.73. The van der Waals surface area contributed by atoms with Crippen LogP contribution in [0.2, 0.25) is 0 Å². The molecule has 0 fully saturated rings. The van der Waals surface area contributed by atoms with Crippen LogP contribution in [0.4, 0.5) is 0 Å². The highest BCUT2D eigenvalue weighted by molar-refractivity contribution is 9.10. The molecule has 0 saturated heterocycles. The van der Waals surface area contributed by atoms with Crippen molar-refractivity contribution in [1.82, 2.24) is 19.5 Å². The predicted octanol–water partition coefficient (Wildman–Crippen LogP) is 2.29. The molecular formula is C11H9BrN4O2. The summed E-state index contributed by atoms with van der Waals surface area (Å²) < 4.78 is 12.9. The Bertz CT molecular complexity index is 691. The molecule has 0 unspecified atom stereocenters. The van der Waals surface area contributed by atoms with Gasteiger partial charge in [0.25, 0.3) is 5.89 Å². The number of rotatable bonds is 3. The maximum absolute atomic E-state index is 5.07. The van der Waals surface area contributed by atoms with Gasteiger partial charge in [-0.3, -0.25) is 4.40 Å². The molecule has 6 nitrogen and oxygen atoms in total. The summed E-state index contributed by atoms with van der Waals surface area (Å²) in [5, 5.41) is 3.91. The van der Waals surface area contributed by atoms with E-state index in [1.807, 2.05) is 22.7 Å². The van der Waals surface area contributed by atoms with Gasteiger partial charge in [0.1, 0.15) is 17.9 Å². The zero-order valence-corrected chi connectivity index (χ0v) is 11.1. The topological polar surface area (TPSA) is 65.5 Å². The van der Waals surface area contributed by atoms with Gasteiger partial charge in [-0.15, -0.1) is 0 Å². The first-order chi connectivity index (χ1) is 8.78. The maximum Gasteiger partial charge on any atom is 0.252 e. The molecule has 0 aliphatic heterocycles. The van der Waals surface area contributed by atoms with Crippen LogP contribution in [0, 0.1) is 0 Å². The predicted molar refractivity (Wildman–Crippen MR) is 66.9 cm³/mol. The number of aromatic nitrogens is 4. The van der Waals surface area contributed by atoms with Gasteiger partial charge in [-0.25, -0.2) is 4.98 Å². The second-order valence-corrected chi connectivity index (χ2v) is 4.58. The molecule has 0 N–H and O–H groups in total. The molecule has 0 aliphatic carbocycles. The van der Waals surface area contributed by atoms with Crippen molar-refractivity contribution in [2.75, 3.05) is 7.11 Å². The fourth-order valence-corrected chi connectivity index (χ4v) is 2.00. The Morgan fingerprint density at radius 3 is 3.17 bits per heavy atom. The second-order valence-electron chi connectivity index (χ2n) is 3.66. The number of hydrogen-bond acceptors (Lipinski definition) is 5. The van der Waals surface area contributed by atoms with Gasteiger partial charge < -0.3 is 9.26 Å². The van der Waals surface area contributed by atoms with Gasteiger partial charge in [-0.05, 0) is 28.1 Å². The Morgan fingerprint density at radius 2 is 2.33 bits per heavy atom. The van der Waals surface area contributed by atoms with E-state index >= 15 is 0 Å². The molecule has 0 aromatic carbocycles. The van der Waals surface area contributed by atoms with E-state index in [0.717, 1.165) is 15.8 Å². The summed E-state index contributed by atoms with van der Waals surface area (Å²) in [7, 11) is 1.58. The summed E-state index contributed by atoms with van der Waals surface area (Å²) in [5.74, 6) is 0.935. The van der Waals surface area contributed by atoms with E-state index in [-0.39, 0.29) is 0 Å². The lowest BCUT2D eigenvalue weighted by molar-refractivity contribution is 0.151.